The van der Waals surface area contributed by atoms with Crippen LogP contribution in [-0.4, -0.2) is 27.4 Å². The molecule has 0 aliphatic heterocycles. The van der Waals surface area contributed by atoms with Gasteiger partial charge in [0.05, 0.1) is 15.5 Å². The zero-order chi connectivity index (χ0) is 20.1. The van der Waals surface area contributed by atoms with Crippen LogP contribution in [0.4, 0.5) is 13.2 Å². The number of carbonyl (C=O) groups excluding carboxylic acids is 1. The van der Waals surface area contributed by atoms with Crippen LogP contribution in [0, 0.1) is 5.92 Å². The van der Waals surface area contributed by atoms with Gasteiger partial charge in [-0.25, -0.2) is 13.1 Å². The monoisotopic (exact) mass is 426 g/mol. The molecule has 1 saturated carbocycles. The Hall–Kier alpha value is -1.32. The Kier molecular flexibility index (Phi) is 7.53. The molecular formula is C17H22ClF3N2O3S. The summed E-state index contributed by atoms with van der Waals surface area (Å²) in [4.78, 5) is 11.3. The van der Waals surface area contributed by atoms with Gasteiger partial charge in [-0.2, -0.15) is 13.2 Å². The third-order valence-electron chi connectivity index (χ3n) is 4.49. The van der Waals surface area contributed by atoms with Crippen LogP contribution in [0.1, 0.15) is 44.1 Å². The van der Waals surface area contributed by atoms with Crippen LogP contribution in [0.5, 0.6) is 0 Å². The molecule has 1 aromatic carbocycles. The lowest BCUT2D eigenvalue weighted by Gasteiger charge is -2.20. The Balaban J connectivity index is 1.85. The first-order valence-electron chi connectivity index (χ1n) is 8.73. The molecule has 2 N–H and O–H groups in total. The van der Waals surface area contributed by atoms with Crippen molar-refractivity contribution in [3.8, 4) is 0 Å². The smallest absolute Gasteiger partial charge is 0.355 e. The van der Waals surface area contributed by atoms with Crippen LogP contribution < -0.4 is 10.0 Å². The number of sulfonamides is 1. The van der Waals surface area contributed by atoms with E-state index in [0.717, 1.165) is 37.8 Å². The molecule has 152 valence electrons. The van der Waals surface area contributed by atoms with E-state index in [1.807, 2.05) is 0 Å². The van der Waals surface area contributed by atoms with Gasteiger partial charge in [-0.1, -0.05) is 30.9 Å². The number of amides is 1. The van der Waals surface area contributed by atoms with E-state index in [2.05, 4.69) is 10.0 Å². The molecule has 1 amide bonds. The van der Waals surface area contributed by atoms with Gasteiger partial charge >= 0.3 is 6.18 Å². The zero-order valence-corrected chi connectivity index (χ0v) is 16.2. The normalized spacial score (nSPS) is 16.3. The maximum absolute atomic E-state index is 12.9. The van der Waals surface area contributed by atoms with Gasteiger partial charge in [0.2, 0.25) is 15.9 Å². The van der Waals surface area contributed by atoms with Gasteiger partial charge in [0.15, 0.2) is 0 Å². The third-order valence-corrected chi connectivity index (χ3v) is 6.28. The summed E-state index contributed by atoms with van der Waals surface area (Å²) in [5.74, 6) is 0.220. The van der Waals surface area contributed by atoms with E-state index in [1.165, 1.54) is 6.42 Å². The Bertz CT molecular complexity index is 763. The molecule has 0 aromatic heterocycles. The van der Waals surface area contributed by atoms with Crippen LogP contribution in [0.2, 0.25) is 5.02 Å². The largest absolute Gasteiger partial charge is 0.417 e. The van der Waals surface area contributed by atoms with Gasteiger partial charge in [-0.05, 0) is 37.0 Å². The maximum atomic E-state index is 12.9. The van der Waals surface area contributed by atoms with E-state index < -0.39 is 31.7 Å². The van der Waals surface area contributed by atoms with Crippen molar-refractivity contribution in [3.05, 3.63) is 28.8 Å². The summed E-state index contributed by atoms with van der Waals surface area (Å²) in [5.41, 5.74) is -1.21. The summed E-state index contributed by atoms with van der Waals surface area (Å²) in [7, 11) is -4.14. The minimum absolute atomic E-state index is 0.0600. The number of rotatable bonds is 7. The molecule has 10 heteroatoms. The molecule has 0 unspecified atom stereocenters. The Labute approximate surface area is 161 Å². The Morgan fingerprint density at radius 3 is 2.44 bits per heavy atom. The van der Waals surface area contributed by atoms with Crippen LogP contribution in [-0.2, 0) is 21.0 Å². The lowest BCUT2D eigenvalue weighted by atomic mass is 9.87. The number of nitrogens with one attached hydrogen (secondary N) is 2. The maximum Gasteiger partial charge on any atom is 0.417 e. The summed E-state index contributed by atoms with van der Waals surface area (Å²) >= 11 is 5.49. The van der Waals surface area contributed by atoms with Gasteiger partial charge in [0.1, 0.15) is 0 Å². The van der Waals surface area contributed by atoms with Crippen molar-refractivity contribution in [2.45, 2.75) is 49.6 Å². The average Bonchev–Trinajstić information content (AvgIpc) is 2.59. The quantitative estimate of drug-likeness (QED) is 0.652. The van der Waals surface area contributed by atoms with Crippen LogP contribution >= 0.6 is 11.6 Å². The molecule has 0 heterocycles. The standard InChI is InChI=1S/C17H22ClF3N2O3S/c18-15-7-6-13(11-14(15)17(19,20)21)27(25,26)23-9-8-22-16(24)10-12-4-2-1-3-5-12/h6-7,11-12,23H,1-5,8-10H2,(H,22,24). The third kappa shape index (κ3) is 6.65. The average molecular weight is 427 g/mol. The second-order valence-electron chi connectivity index (χ2n) is 6.60. The van der Waals surface area contributed by atoms with E-state index >= 15 is 0 Å². The molecule has 2 rings (SSSR count). The van der Waals surface area contributed by atoms with Gasteiger partial charge in [-0.3, -0.25) is 4.79 Å². The van der Waals surface area contributed by atoms with Gasteiger partial charge < -0.3 is 5.32 Å². The van der Waals surface area contributed by atoms with Crippen molar-refractivity contribution in [2.75, 3.05) is 13.1 Å². The number of alkyl halides is 3. The van der Waals surface area contributed by atoms with Crippen molar-refractivity contribution in [2.24, 2.45) is 5.92 Å². The Morgan fingerprint density at radius 2 is 1.81 bits per heavy atom. The number of hydrogen-bond acceptors (Lipinski definition) is 3. The summed E-state index contributed by atoms with van der Waals surface area (Å²) in [6.45, 7) is -0.0623. The van der Waals surface area contributed by atoms with Crippen LogP contribution in [0.3, 0.4) is 0 Å². The molecule has 1 fully saturated rings. The summed E-state index contributed by atoms with van der Waals surface area (Å²) in [5, 5.41) is 2.06. The number of halogens is 4. The van der Waals surface area contributed by atoms with E-state index in [1.54, 1.807) is 0 Å². The topological polar surface area (TPSA) is 75.3 Å². The highest BCUT2D eigenvalue weighted by Gasteiger charge is 2.34. The molecule has 0 bridgehead atoms. The molecule has 1 aromatic rings. The molecule has 1 aliphatic rings. The van der Waals surface area contributed by atoms with E-state index in [9.17, 15) is 26.4 Å². The molecule has 27 heavy (non-hydrogen) atoms. The predicted molar refractivity (Wildman–Crippen MR) is 95.8 cm³/mol. The van der Waals surface area contributed by atoms with Gasteiger partial charge in [0, 0.05) is 19.5 Å². The molecule has 0 spiro atoms. The summed E-state index contributed by atoms with van der Waals surface area (Å²) < 4.78 is 65.1. The summed E-state index contributed by atoms with van der Waals surface area (Å²) in [6, 6.07) is 2.39. The van der Waals surface area contributed by atoms with Gasteiger partial charge in [-0.15, -0.1) is 0 Å². The highest BCUT2D eigenvalue weighted by Crippen LogP contribution is 2.35. The zero-order valence-electron chi connectivity index (χ0n) is 14.6. The van der Waals surface area contributed by atoms with E-state index in [-0.39, 0.29) is 19.0 Å². The van der Waals surface area contributed by atoms with Crippen molar-refractivity contribution in [1.82, 2.24) is 10.0 Å². The van der Waals surface area contributed by atoms with Gasteiger partial charge in [0.25, 0.3) is 0 Å². The predicted octanol–water partition coefficient (Wildman–Crippen LogP) is 3.72. The molecule has 0 atom stereocenters. The van der Waals surface area contributed by atoms with Crippen molar-refractivity contribution in [1.29, 1.82) is 0 Å². The van der Waals surface area contributed by atoms with E-state index in [0.29, 0.717) is 18.4 Å². The minimum Gasteiger partial charge on any atom is -0.355 e. The van der Waals surface area contributed by atoms with E-state index in [4.69, 9.17) is 11.6 Å². The molecule has 5 nitrogen and oxygen atoms in total. The second kappa shape index (κ2) is 9.25. The minimum atomic E-state index is -4.75. The molecule has 0 radical (unpaired) electrons. The van der Waals surface area contributed by atoms with Crippen molar-refractivity contribution in [3.63, 3.8) is 0 Å². The SMILES string of the molecule is O=C(CC1CCCCC1)NCCNS(=O)(=O)c1ccc(Cl)c(C(F)(F)F)c1. The number of hydrogen-bond donors (Lipinski definition) is 2. The first-order chi connectivity index (χ1) is 12.6. The van der Waals surface area contributed by atoms with Crippen molar-refractivity contribution >= 4 is 27.5 Å². The first-order valence-corrected chi connectivity index (χ1v) is 10.6. The Morgan fingerprint density at radius 1 is 1.15 bits per heavy atom. The highest BCUT2D eigenvalue weighted by molar-refractivity contribution is 7.89. The lowest BCUT2D eigenvalue weighted by molar-refractivity contribution is -0.137. The lowest BCUT2D eigenvalue weighted by Crippen LogP contribution is -2.35. The van der Waals surface area contributed by atoms with Crippen LogP contribution in [0.25, 0.3) is 0 Å². The molecule has 1 aliphatic carbocycles. The fourth-order valence-corrected chi connectivity index (χ4v) is 4.37. The van der Waals surface area contributed by atoms with Crippen molar-refractivity contribution < 1.29 is 26.4 Å². The number of benzene rings is 1. The molecule has 0 saturated heterocycles. The summed E-state index contributed by atoms with van der Waals surface area (Å²) in [6.07, 6.45) is 1.16. The number of carbonyl (C=O) groups is 1. The van der Waals surface area contributed by atoms with Crippen LogP contribution in [0.15, 0.2) is 23.1 Å². The second-order valence-corrected chi connectivity index (χ2v) is 8.77. The fourth-order valence-electron chi connectivity index (χ4n) is 3.09. The molecular weight excluding hydrogens is 405 g/mol. The highest BCUT2D eigenvalue weighted by atomic mass is 35.5. The fraction of sp³-hybridized carbons (Fsp3) is 0.588. The first kappa shape index (κ1) is 22.0.